The molecule has 7 nitrogen and oxygen atoms in total. The van der Waals surface area contributed by atoms with Gasteiger partial charge in [0.2, 0.25) is 0 Å². The van der Waals surface area contributed by atoms with Crippen molar-refractivity contribution in [3.8, 4) is 11.5 Å². The fourth-order valence-corrected chi connectivity index (χ4v) is 5.29. The third kappa shape index (κ3) is 4.79. The van der Waals surface area contributed by atoms with Gasteiger partial charge in [-0.25, -0.2) is 0 Å². The second-order valence-corrected chi connectivity index (χ2v) is 9.42. The number of anilines is 1. The number of hydrogen-bond donors (Lipinski definition) is 0. The SMILES string of the molecule is CCOc1cc(CN2C(=O)c3cccc(N4CCN(C(C)c5ccccc5)CC4)c3C2=O)ccc1OC. The third-order valence-corrected chi connectivity index (χ3v) is 7.33. The van der Waals surface area contributed by atoms with E-state index in [1.807, 2.05) is 37.3 Å². The molecule has 1 saturated heterocycles. The summed E-state index contributed by atoms with van der Waals surface area (Å²) in [4.78, 5) is 32.9. The maximum absolute atomic E-state index is 13.6. The van der Waals surface area contributed by atoms with Crippen LogP contribution in [-0.2, 0) is 6.54 Å². The van der Waals surface area contributed by atoms with Crippen LogP contribution in [0, 0.1) is 0 Å². The summed E-state index contributed by atoms with van der Waals surface area (Å²) >= 11 is 0. The summed E-state index contributed by atoms with van der Waals surface area (Å²) in [6.45, 7) is 8.18. The summed E-state index contributed by atoms with van der Waals surface area (Å²) in [6.07, 6.45) is 0. The molecule has 7 heteroatoms. The highest BCUT2D eigenvalue weighted by atomic mass is 16.5. The van der Waals surface area contributed by atoms with Crippen molar-refractivity contribution in [1.29, 1.82) is 0 Å². The van der Waals surface area contributed by atoms with Gasteiger partial charge >= 0.3 is 0 Å². The summed E-state index contributed by atoms with van der Waals surface area (Å²) in [5, 5.41) is 0. The van der Waals surface area contributed by atoms with Gasteiger partial charge in [-0.2, -0.15) is 0 Å². The van der Waals surface area contributed by atoms with Crippen LogP contribution >= 0.6 is 0 Å². The maximum atomic E-state index is 13.6. The summed E-state index contributed by atoms with van der Waals surface area (Å²) < 4.78 is 11.0. The van der Waals surface area contributed by atoms with Gasteiger partial charge in [0, 0.05) is 32.2 Å². The van der Waals surface area contributed by atoms with E-state index >= 15 is 0 Å². The van der Waals surface area contributed by atoms with Crippen molar-refractivity contribution in [1.82, 2.24) is 9.80 Å². The Balaban J connectivity index is 1.33. The average Bonchev–Trinajstić information content (AvgIpc) is 3.18. The zero-order chi connectivity index (χ0) is 25.9. The molecule has 0 saturated carbocycles. The highest BCUT2D eigenvalue weighted by Crippen LogP contribution is 2.35. The molecule has 2 heterocycles. The van der Waals surface area contributed by atoms with E-state index in [4.69, 9.17) is 9.47 Å². The van der Waals surface area contributed by atoms with E-state index in [0.29, 0.717) is 35.3 Å². The minimum Gasteiger partial charge on any atom is -0.493 e. The molecule has 0 N–H and O–H groups in total. The molecule has 3 aromatic carbocycles. The van der Waals surface area contributed by atoms with Gasteiger partial charge in [0.15, 0.2) is 11.5 Å². The highest BCUT2D eigenvalue weighted by Gasteiger charge is 2.39. The molecule has 1 unspecified atom stereocenters. The van der Waals surface area contributed by atoms with Gasteiger partial charge in [-0.15, -0.1) is 0 Å². The van der Waals surface area contributed by atoms with E-state index in [9.17, 15) is 9.59 Å². The Hall–Kier alpha value is -3.84. The van der Waals surface area contributed by atoms with Gasteiger partial charge in [0.1, 0.15) is 0 Å². The van der Waals surface area contributed by atoms with Crippen molar-refractivity contribution in [3.05, 3.63) is 89.0 Å². The molecule has 0 radical (unpaired) electrons. The fraction of sp³-hybridized carbons (Fsp3) is 0.333. The number of methoxy groups -OCH3 is 1. The first-order chi connectivity index (χ1) is 18.0. The highest BCUT2D eigenvalue weighted by molar-refractivity contribution is 6.23. The number of benzene rings is 3. The number of rotatable bonds is 8. The number of amides is 2. The molecule has 0 aliphatic carbocycles. The van der Waals surface area contributed by atoms with Crippen LogP contribution in [0.5, 0.6) is 11.5 Å². The molecular weight excluding hydrogens is 466 g/mol. The third-order valence-electron chi connectivity index (χ3n) is 7.33. The van der Waals surface area contributed by atoms with Gasteiger partial charge in [0.05, 0.1) is 37.1 Å². The van der Waals surface area contributed by atoms with Crippen molar-refractivity contribution >= 4 is 17.5 Å². The fourth-order valence-electron chi connectivity index (χ4n) is 5.29. The standard InChI is InChI=1S/C30H33N3O4/c1-4-37-27-19-22(13-14-26(27)36-3)20-33-29(34)24-11-8-12-25(28(24)30(33)35)32-17-15-31(16-18-32)21(2)23-9-6-5-7-10-23/h5-14,19,21H,4,15-18,20H2,1-3H3. The number of hydrogen-bond acceptors (Lipinski definition) is 6. The lowest BCUT2D eigenvalue weighted by atomic mass is 10.0. The van der Waals surface area contributed by atoms with E-state index < -0.39 is 0 Å². The Bertz CT molecular complexity index is 1290. The van der Waals surface area contributed by atoms with Crippen LogP contribution < -0.4 is 14.4 Å². The van der Waals surface area contributed by atoms with Crippen LogP contribution in [0.15, 0.2) is 66.7 Å². The van der Waals surface area contributed by atoms with E-state index in [1.165, 1.54) is 10.5 Å². The summed E-state index contributed by atoms with van der Waals surface area (Å²) in [5.41, 5.74) is 3.94. The molecular formula is C30H33N3O4. The molecule has 2 amide bonds. The number of imide groups is 1. The van der Waals surface area contributed by atoms with E-state index in [2.05, 4.69) is 41.0 Å². The predicted molar refractivity (Wildman–Crippen MR) is 143 cm³/mol. The Kier molecular flexibility index (Phi) is 7.15. The van der Waals surface area contributed by atoms with Crippen LogP contribution in [-0.4, -0.2) is 61.5 Å². The summed E-state index contributed by atoms with van der Waals surface area (Å²) in [6, 6.07) is 22.0. The molecule has 192 valence electrons. The molecule has 0 aromatic heterocycles. The van der Waals surface area contributed by atoms with E-state index in [0.717, 1.165) is 37.4 Å². The lowest BCUT2D eigenvalue weighted by molar-refractivity contribution is 0.0642. The van der Waals surface area contributed by atoms with Gasteiger partial charge < -0.3 is 14.4 Å². The van der Waals surface area contributed by atoms with Gasteiger partial charge in [0.25, 0.3) is 11.8 Å². The molecule has 2 aliphatic heterocycles. The molecule has 0 spiro atoms. The molecule has 1 fully saturated rings. The largest absolute Gasteiger partial charge is 0.493 e. The Morgan fingerprint density at radius 3 is 2.32 bits per heavy atom. The van der Waals surface area contributed by atoms with Crippen molar-refractivity contribution in [2.45, 2.75) is 26.4 Å². The maximum Gasteiger partial charge on any atom is 0.263 e. The van der Waals surface area contributed by atoms with Crippen molar-refractivity contribution in [2.75, 3.05) is 44.8 Å². The lowest BCUT2D eigenvalue weighted by Crippen LogP contribution is -2.47. The first kappa shape index (κ1) is 24.8. The van der Waals surface area contributed by atoms with Crippen molar-refractivity contribution < 1.29 is 19.1 Å². The second kappa shape index (κ2) is 10.6. The second-order valence-electron chi connectivity index (χ2n) is 9.42. The van der Waals surface area contributed by atoms with Crippen LogP contribution in [0.2, 0.25) is 0 Å². The monoisotopic (exact) mass is 499 g/mol. The number of carbonyl (C=O) groups is 2. The number of fused-ring (bicyclic) bond motifs is 1. The smallest absolute Gasteiger partial charge is 0.263 e. The Morgan fingerprint density at radius 1 is 0.865 bits per heavy atom. The molecule has 1 atom stereocenters. The number of ether oxygens (including phenoxy) is 2. The Morgan fingerprint density at radius 2 is 1.62 bits per heavy atom. The lowest BCUT2D eigenvalue weighted by Gasteiger charge is -2.39. The van der Waals surface area contributed by atoms with E-state index in [-0.39, 0.29) is 18.4 Å². The number of piperazine rings is 1. The summed E-state index contributed by atoms with van der Waals surface area (Å²) in [7, 11) is 1.59. The first-order valence-electron chi connectivity index (χ1n) is 12.8. The van der Waals surface area contributed by atoms with Crippen LogP contribution in [0.3, 0.4) is 0 Å². The number of carbonyl (C=O) groups excluding carboxylic acids is 2. The van der Waals surface area contributed by atoms with Crippen LogP contribution in [0.4, 0.5) is 5.69 Å². The van der Waals surface area contributed by atoms with Crippen molar-refractivity contribution in [3.63, 3.8) is 0 Å². The molecule has 37 heavy (non-hydrogen) atoms. The molecule has 5 rings (SSSR count). The number of nitrogens with zero attached hydrogens (tertiary/aromatic N) is 3. The van der Waals surface area contributed by atoms with Crippen LogP contribution in [0.25, 0.3) is 0 Å². The summed E-state index contributed by atoms with van der Waals surface area (Å²) in [5.74, 6) is 0.717. The van der Waals surface area contributed by atoms with Gasteiger partial charge in [-0.1, -0.05) is 42.5 Å². The zero-order valence-electron chi connectivity index (χ0n) is 21.6. The minimum absolute atomic E-state index is 0.179. The average molecular weight is 500 g/mol. The normalized spacial score (nSPS) is 16.6. The quantitative estimate of drug-likeness (QED) is 0.416. The van der Waals surface area contributed by atoms with Gasteiger partial charge in [-0.05, 0) is 49.2 Å². The minimum atomic E-state index is -0.257. The zero-order valence-corrected chi connectivity index (χ0v) is 21.6. The van der Waals surface area contributed by atoms with Crippen molar-refractivity contribution in [2.24, 2.45) is 0 Å². The topological polar surface area (TPSA) is 62.3 Å². The molecule has 3 aromatic rings. The molecule has 2 aliphatic rings. The Labute approximate surface area is 218 Å². The first-order valence-corrected chi connectivity index (χ1v) is 12.8. The predicted octanol–water partition coefficient (Wildman–Crippen LogP) is 4.77. The van der Waals surface area contributed by atoms with Gasteiger partial charge in [-0.3, -0.25) is 19.4 Å². The molecule has 0 bridgehead atoms. The van der Waals surface area contributed by atoms with E-state index in [1.54, 1.807) is 19.2 Å². The van der Waals surface area contributed by atoms with Crippen LogP contribution in [0.1, 0.15) is 51.7 Å².